The molecule has 11 heteroatoms. The summed E-state index contributed by atoms with van der Waals surface area (Å²) < 4.78 is 43.0. The van der Waals surface area contributed by atoms with Crippen molar-refractivity contribution in [2.45, 2.75) is 233 Å². The molecule has 0 aromatic carbocycles. The van der Waals surface area contributed by atoms with Gasteiger partial charge in [-0.2, -0.15) is 0 Å². The van der Waals surface area contributed by atoms with E-state index in [4.69, 9.17) is 18.1 Å². The van der Waals surface area contributed by atoms with Gasteiger partial charge in [0, 0.05) is 0 Å². The largest absolute Gasteiger partial charge is 2.00 e. The van der Waals surface area contributed by atoms with Crippen LogP contribution in [0.2, 0.25) is 0 Å². The van der Waals surface area contributed by atoms with Crippen LogP contribution >= 0.6 is 15.6 Å². The zero-order valence-corrected chi connectivity index (χ0v) is 37.1. The molecule has 0 spiro atoms. The van der Waals surface area contributed by atoms with Gasteiger partial charge in [-0.1, -0.05) is 207 Å². The Hall–Kier alpha value is 0.752. The van der Waals surface area contributed by atoms with Crippen LogP contribution in [0.4, 0.5) is 0 Å². The van der Waals surface area contributed by atoms with Crippen molar-refractivity contribution in [1.82, 2.24) is 0 Å². The third-order valence-corrected chi connectivity index (χ3v) is 11.0. The Labute approximate surface area is 328 Å². The van der Waals surface area contributed by atoms with E-state index < -0.39 is 15.6 Å². The minimum Gasteiger partial charge on any atom is -0.756 e. The van der Waals surface area contributed by atoms with Gasteiger partial charge in [-0.05, 0) is 25.7 Å². The Balaban J connectivity index is -0.000000886. The minimum absolute atomic E-state index is 0. The molecule has 0 saturated heterocycles. The average Bonchev–Trinajstić information content (AvgIpc) is 3.09. The smallest absolute Gasteiger partial charge is 0.756 e. The van der Waals surface area contributed by atoms with Gasteiger partial charge in [-0.15, -0.1) is 0 Å². The molecule has 0 rings (SSSR count). The van der Waals surface area contributed by atoms with Crippen molar-refractivity contribution < 1.29 is 54.4 Å². The molecule has 308 valence electrons. The average molecular weight is 807 g/mol. The van der Waals surface area contributed by atoms with Crippen LogP contribution in [0.25, 0.3) is 0 Å². The second-order valence-electron chi connectivity index (χ2n) is 14.1. The normalized spacial score (nSPS) is 11.7. The van der Waals surface area contributed by atoms with Crippen molar-refractivity contribution in [1.29, 1.82) is 0 Å². The van der Waals surface area contributed by atoms with Crippen LogP contribution in [-0.2, 0) is 44.6 Å². The third-order valence-electron chi connectivity index (χ3n) is 8.99. The second kappa shape index (κ2) is 45.1. The maximum Gasteiger partial charge on any atom is 2.00 e. The van der Waals surface area contributed by atoms with Crippen LogP contribution in [-0.4, -0.2) is 26.4 Å². The summed E-state index contributed by atoms with van der Waals surface area (Å²) in [6.07, 6.45) is 37.7. The van der Waals surface area contributed by atoms with Gasteiger partial charge < -0.3 is 27.9 Å². The molecule has 0 aliphatic carbocycles. The Morgan fingerprint density at radius 2 is 0.431 bits per heavy atom. The topological polar surface area (TPSA) is 117 Å². The van der Waals surface area contributed by atoms with Crippen LogP contribution < -0.4 is 9.79 Å². The fourth-order valence-corrected chi connectivity index (χ4v) is 7.28. The van der Waals surface area contributed by atoms with Crippen molar-refractivity contribution in [2.24, 2.45) is 0 Å². The third kappa shape index (κ3) is 50.8. The summed E-state index contributed by atoms with van der Waals surface area (Å²) in [4.78, 5) is 23.3. The van der Waals surface area contributed by atoms with Crippen LogP contribution in [0.1, 0.15) is 233 Å². The van der Waals surface area contributed by atoms with Gasteiger partial charge in [0.1, 0.15) is 0 Å². The van der Waals surface area contributed by atoms with Gasteiger partial charge in [-0.25, -0.2) is 0 Å². The standard InChI is InChI=1S/2C20H43O4P.Cr/c2*1-3-5-7-9-11-13-15-17-19-23-25(21,22)24-20-18-16-14-12-10-8-6-4-2;/h2*3-20H2,1-2H3,(H,21,22);/q;;+2/p-2. The molecule has 0 amide bonds. The van der Waals surface area contributed by atoms with Crippen LogP contribution in [0.3, 0.4) is 0 Å². The Kier molecular flexibility index (Phi) is 49.6. The summed E-state index contributed by atoms with van der Waals surface area (Å²) in [5.74, 6) is 0. The van der Waals surface area contributed by atoms with Gasteiger partial charge >= 0.3 is 17.4 Å². The molecule has 51 heavy (non-hydrogen) atoms. The van der Waals surface area contributed by atoms with Crippen molar-refractivity contribution >= 4 is 15.6 Å². The molecule has 0 fully saturated rings. The SMILES string of the molecule is CCCCCCCCCCOP(=O)([O-])OCCCCCCCCCC.CCCCCCCCCCOP(=O)([O-])OCCCCCCCCCC.[Cr+2]. The molecule has 0 aliphatic rings. The second-order valence-corrected chi connectivity index (χ2v) is 16.9. The minimum atomic E-state index is -4.08. The van der Waals surface area contributed by atoms with Crippen molar-refractivity contribution in [2.75, 3.05) is 26.4 Å². The van der Waals surface area contributed by atoms with E-state index in [0.717, 1.165) is 77.0 Å². The van der Waals surface area contributed by atoms with Crippen LogP contribution in [0.5, 0.6) is 0 Å². The van der Waals surface area contributed by atoms with E-state index >= 15 is 0 Å². The molecule has 0 aromatic rings. The maximum absolute atomic E-state index is 11.6. The molecule has 8 nitrogen and oxygen atoms in total. The summed E-state index contributed by atoms with van der Waals surface area (Å²) in [6.45, 7) is 9.90. The Morgan fingerprint density at radius 1 is 0.294 bits per heavy atom. The van der Waals surface area contributed by atoms with Gasteiger partial charge in [0.25, 0.3) is 15.6 Å². The Bertz CT molecular complexity index is 635. The maximum atomic E-state index is 11.6. The van der Waals surface area contributed by atoms with Crippen molar-refractivity contribution in [3.63, 3.8) is 0 Å². The summed E-state index contributed by atoms with van der Waals surface area (Å²) in [6, 6.07) is 0. The first-order valence-corrected chi connectivity index (χ1v) is 24.4. The van der Waals surface area contributed by atoms with Crippen LogP contribution in [0.15, 0.2) is 0 Å². The summed E-state index contributed by atoms with van der Waals surface area (Å²) in [5.41, 5.74) is 0. The molecule has 0 radical (unpaired) electrons. The van der Waals surface area contributed by atoms with Gasteiger partial charge in [0.05, 0.1) is 26.4 Å². The molecule has 0 bridgehead atoms. The first kappa shape index (κ1) is 56.1. The fourth-order valence-electron chi connectivity index (χ4n) is 5.72. The van der Waals surface area contributed by atoms with E-state index in [2.05, 4.69) is 27.7 Å². The molecular weight excluding hydrogens is 722 g/mol. The zero-order valence-electron chi connectivity index (χ0n) is 34.0. The monoisotopic (exact) mass is 807 g/mol. The van der Waals surface area contributed by atoms with Crippen molar-refractivity contribution in [3.05, 3.63) is 0 Å². The van der Waals surface area contributed by atoms with Gasteiger partial charge in [-0.3, -0.25) is 9.13 Å². The number of phosphoric acid groups is 2. The van der Waals surface area contributed by atoms with E-state index in [0.29, 0.717) is 0 Å². The molecule has 0 atom stereocenters. The number of rotatable bonds is 40. The number of phosphoric ester groups is 2. The van der Waals surface area contributed by atoms with Gasteiger partial charge in [0.15, 0.2) is 0 Å². The summed E-state index contributed by atoms with van der Waals surface area (Å²) in [5, 5.41) is 0. The molecule has 0 N–H and O–H groups in total. The zero-order chi connectivity index (χ0) is 37.3. The molecular formula is C40H84CrO8P2. The first-order chi connectivity index (χ1) is 24.2. The number of hydrogen-bond donors (Lipinski definition) is 0. The van der Waals surface area contributed by atoms with E-state index in [1.165, 1.54) is 128 Å². The quantitative estimate of drug-likeness (QED) is 0.0444. The van der Waals surface area contributed by atoms with Crippen LogP contribution in [0, 0.1) is 0 Å². The Morgan fingerprint density at radius 3 is 0.588 bits per heavy atom. The van der Waals surface area contributed by atoms with Crippen molar-refractivity contribution in [3.8, 4) is 0 Å². The molecule has 0 aliphatic heterocycles. The molecule has 0 aromatic heterocycles. The van der Waals surface area contributed by atoms with E-state index in [-0.39, 0.29) is 43.8 Å². The van der Waals surface area contributed by atoms with E-state index in [1.807, 2.05) is 0 Å². The summed E-state index contributed by atoms with van der Waals surface area (Å²) in [7, 11) is -8.17. The summed E-state index contributed by atoms with van der Waals surface area (Å²) >= 11 is 0. The predicted octanol–water partition coefficient (Wildman–Crippen LogP) is 13.5. The molecule has 0 heterocycles. The van der Waals surface area contributed by atoms with Gasteiger partial charge in [0.2, 0.25) is 0 Å². The molecule has 0 saturated carbocycles. The first-order valence-electron chi connectivity index (χ1n) is 21.4. The predicted molar refractivity (Wildman–Crippen MR) is 209 cm³/mol. The number of unbranched alkanes of at least 4 members (excludes halogenated alkanes) is 28. The number of hydrogen-bond acceptors (Lipinski definition) is 8. The fraction of sp³-hybridized carbons (Fsp3) is 1.00. The molecule has 0 unspecified atom stereocenters. The van der Waals surface area contributed by atoms with E-state index in [9.17, 15) is 18.9 Å². The van der Waals surface area contributed by atoms with E-state index in [1.54, 1.807) is 0 Å².